The van der Waals surface area contributed by atoms with Crippen LogP contribution < -0.4 is 5.32 Å². The summed E-state index contributed by atoms with van der Waals surface area (Å²) in [7, 11) is 6.48. The fourth-order valence-corrected chi connectivity index (χ4v) is 1.63. The molecule has 0 aliphatic rings. The van der Waals surface area contributed by atoms with E-state index in [0.717, 1.165) is 19.6 Å². The molecule has 0 atom stereocenters. The van der Waals surface area contributed by atoms with Gasteiger partial charge in [0.2, 0.25) is 0 Å². The van der Waals surface area contributed by atoms with E-state index in [1.165, 1.54) is 25.9 Å². The summed E-state index contributed by atoms with van der Waals surface area (Å²) in [6.45, 7) is 12.6. The van der Waals surface area contributed by atoms with Crippen LogP contribution in [0.3, 0.4) is 0 Å². The van der Waals surface area contributed by atoms with Gasteiger partial charge in [0.1, 0.15) is 0 Å². The highest BCUT2D eigenvalue weighted by Crippen LogP contribution is 2.16. The van der Waals surface area contributed by atoms with E-state index in [4.69, 9.17) is 0 Å². The van der Waals surface area contributed by atoms with Gasteiger partial charge >= 0.3 is 0 Å². The van der Waals surface area contributed by atoms with Crippen LogP contribution in [0.15, 0.2) is 0 Å². The lowest BCUT2D eigenvalue weighted by molar-refractivity contribution is 0.295. The number of rotatable bonds is 9. The van der Waals surface area contributed by atoms with Gasteiger partial charge in [0.25, 0.3) is 0 Å². The van der Waals surface area contributed by atoms with Crippen molar-refractivity contribution in [3.8, 4) is 0 Å². The highest BCUT2D eigenvalue weighted by molar-refractivity contribution is 4.64. The third kappa shape index (κ3) is 13.8. The quantitative estimate of drug-likeness (QED) is 0.624. The predicted octanol–water partition coefficient (Wildman–Crippen LogP) is 1.90. The van der Waals surface area contributed by atoms with E-state index < -0.39 is 0 Å². The molecule has 0 aromatic carbocycles. The van der Waals surface area contributed by atoms with Crippen molar-refractivity contribution >= 4 is 0 Å². The maximum absolute atomic E-state index is 3.52. The van der Waals surface area contributed by atoms with Gasteiger partial charge in [-0.15, -0.1) is 0 Å². The first-order valence-electron chi connectivity index (χ1n) is 6.85. The topological polar surface area (TPSA) is 18.5 Å². The minimum Gasteiger partial charge on any atom is -0.315 e. The summed E-state index contributed by atoms with van der Waals surface area (Å²) in [5.41, 5.74) is 0.449. The van der Waals surface area contributed by atoms with Gasteiger partial charge in [-0.05, 0) is 59.0 Å². The smallest absolute Gasteiger partial charge is 0.0104 e. The van der Waals surface area contributed by atoms with Crippen LogP contribution in [0.25, 0.3) is 0 Å². The first kappa shape index (κ1) is 16.9. The summed E-state index contributed by atoms with van der Waals surface area (Å²) in [4.78, 5) is 4.66. The summed E-state index contributed by atoms with van der Waals surface area (Å²) in [5, 5.41) is 3.52. The van der Waals surface area contributed by atoms with Crippen molar-refractivity contribution < 1.29 is 0 Å². The van der Waals surface area contributed by atoms with Crippen molar-refractivity contribution in [2.45, 2.75) is 33.6 Å². The summed E-state index contributed by atoms with van der Waals surface area (Å²) in [5.74, 6) is 0. The average Bonchev–Trinajstić information content (AvgIpc) is 2.14. The second-order valence-electron chi connectivity index (χ2n) is 6.52. The van der Waals surface area contributed by atoms with E-state index in [9.17, 15) is 0 Å². The highest BCUT2D eigenvalue weighted by atomic mass is 15.1. The molecular formula is C14H33N3. The molecule has 0 rings (SSSR count). The van der Waals surface area contributed by atoms with E-state index in [0.29, 0.717) is 5.41 Å². The van der Waals surface area contributed by atoms with Crippen molar-refractivity contribution in [1.29, 1.82) is 0 Å². The first-order valence-corrected chi connectivity index (χ1v) is 6.85. The van der Waals surface area contributed by atoms with Gasteiger partial charge in [-0.2, -0.15) is 0 Å². The molecule has 0 bridgehead atoms. The van der Waals surface area contributed by atoms with Crippen LogP contribution in [-0.4, -0.2) is 63.7 Å². The molecule has 1 N–H and O–H groups in total. The maximum Gasteiger partial charge on any atom is 0.0104 e. The molecule has 0 aliphatic carbocycles. The number of hydrogen-bond donors (Lipinski definition) is 1. The predicted molar refractivity (Wildman–Crippen MR) is 77.6 cm³/mol. The molecule has 0 heterocycles. The molecule has 0 saturated heterocycles. The molecule has 0 spiro atoms. The van der Waals surface area contributed by atoms with E-state index in [1.54, 1.807) is 0 Å². The lowest BCUT2D eigenvalue weighted by Crippen LogP contribution is -2.32. The lowest BCUT2D eigenvalue weighted by atomic mass is 9.92. The fraction of sp³-hybridized carbons (Fsp3) is 1.00. The Bertz CT molecular complexity index is 173. The molecule has 104 valence electrons. The minimum atomic E-state index is 0.449. The summed E-state index contributed by atoms with van der Waals surface area (Å²) >= 11 is 0. The molecule has 0 aromatic heterocycles. The van der Waals surface area contributed by atoms with Crippen molar-refractivity contribution in [3.63, 3.8) is 0 Å². The van der Waals surface area contributed by atoms with Crippen molar-refractivity contribution in [2.24, 2.45) is 5.41 Å². The molecule has 0 fully saturated rings. The Balaban J connectivity index is 3.30. The fourth-order valence-electron chi connectivity index (χ4n) is 1.63. The Morgan fingerprint density at radius 1 is 0.882 bits per heavy atom. The maximum atomic E-state index is 3.52. The van der Waals surface area contributed by atoms with Crippen LogP contribution in [0.2, 0.25) is 0 Å². The van der Waals surface area contributed by atoms with E-state index in [-0.39, 0.29) is 0 Å². The lowest BCUT2D eigenvalue weighted by Gasteiger charge is -2.20. The molecule has 17 heavy (non-hydrogen) atoms. The number of hydrogen-bond acceptors (Lipinski definition) is 3. The molecule has 0 unspecified atom stereocenters. The highest BCUT2D eigenvalue weighted by Gasteiger charge is 2.08. The van der Waals surface area contributed by atoms with Crippen LogP contribution in [-0.2, 0) is 0 Å². The van der Waals surface area contributed by atoms with Gasteiger partial charge in [-0.3, -0.25) is 0 Å². The second kappa shape index (κ2) is 8.90. The van der Waals surface area contributed by atoms with Crippen molar-refractivity contribution in [3.05, 3.63) is 0 Å². The molecule has 3 heteroatoms. The average molecular weight is 243 g/mol. The minimum absolute atomic E-state index is 0.449. The number of likely N-dealkylation sites (N-methyl/N-ethyl adjacent to an activating group) is 1. The van der Waals surface area contributed by atoms with Crippen LogP contribution in [0.4, 0.5) is 0 Å². The standard InChI is InChI=1S/C14H33N3/c1-14(2,3)8-9-15-10-13-17(6)12-7-11-16(4)5/h15H,7-13H2,1-6H3. The zero-order valence-electron chi connectivity index (χ0n) is 12.8. The van der Waals surface area contributed by atoms with Gasteiger partial charge in [-0.25, -0.2) is 0 Å². The zero-order chi connectivity index (χ0) is 13.3. The van der Waals surface area contributed by atoms with Crippen LogP contribution in [0.1, 0.15) is 33.6 Å². The first-order chi connectivity index (χ1) is 7.81. The molecule has 0 aromatic rings. The third-order valence-electron chi connectivity index (χ3n) is 2.87. The second-order valence-corrected chi connectivity index (χ2v) is 6.52. The summed E-state index contributed by atoms with van der Waals surface area (Å²) < 4.78 is 0. The van der Waals surface area contributed by atoms with Gasteiger partial charge in [-0.1, -0.05) is 20.8 Å². The third-order valence-corrected chi connectivity index (χ3v) is 2.87. The van der Waals surface area contributed by atoms with E-state index in [1.807, 2.05) is 0 Å². The summed E-state index contributed by atoms with van der Waals surface area (Å²) in [6.07, 6.45) is 2.50. The van der Waals surface area contributed by atoms with Crippen LogP contribution in [0.5, 0.6) is 0 Å². The van der Waals surface area contributed by atoms with E-state index in [2.05, 4.69) is 57.0 Å². The molecular weight excluding hydrogens is 210 g/mol. The Kier molecular flexibility index (Phi) is 8.83. The molecule has 0 saturated carbocycles. The normalized spacial score (nSPS) is 12.7. The van der Waals surface area contributed by atoms with E-state index >= 15 is 0 Å². The van der Waals surface area contributed by atoms with Gasteiger partial charge in [0.05, 0.1) is 0 Å². The van der Waals surface area contributed by atoms with Crippen molar-refractivity contribution in [1.82, 2.24) is 15.1 Å². The summed E-state index contributed by atoms with van der Waals surface area (Å²) in [6, 6.07) is 0. The Labute approximate surface area is 109 Å². The molecule has 0 radical (unpaired) electrons. The molecule has 0 amide bonds. The monoisotopic (exact) mass is 243 g/mol. The SMILES string of the molecule is CN(C)CCCN(C)CCNCCC(C)(C)C. The zero-order valence-corrected chi connectivity index (χ0v) is 12.8. The number of nitrogens with zero attached hydrogens (tertiary/aromatic N) is 2. The van der Waals surface area contributed by atoms with Crippen molar-refractivity contribution in [2.75, 3.05) is 53.9 Å². The van der Waals surface area contributed by atoms with Crippen LogP contribution >= 0.6 is 0 Å². The van der Waals surface area contributed by atoms with Gasteiger partial charge in [0.15, 0.2) is 0 Å². The van der Waals surface area contributed by atoms with Gasteiger partial charge < -0.3 is 15.1 Å². The largest absolute Gasteiger partial charge is 0.315 e. The molecule has 3 nitrogen and oxygen atoms in total. The van der Waals surface area contributed by atoms with Crippen LogP contribution in [0, 0.1) is 5.41 Å². The van der Waals surface area contributed by atoms with Gasteiger partial charge in [0, 0.05) is 13.1 Å². The Morgan fingerprint density at radius 2 is 1.53 bits per heavy atom. The molecule has 0 aliphatic heterocycles. The number of nitrogens with one attached hydrogen (secondary N) is 1. The Hall–Kier alpha value is -0.120. The Morgan fingerprint density at radius 3 is 2.06 bits per heavy atom.